The Morgan fingerprint density at radius 2 is 2.12 bits per heavy atom. The molecule has 2 rings (SSSR count). The number of aromatic nitrogens is 1. The van der Waals surface area contributed by atoms with E-state index in [1.165, 1.54) is 5.56 Å². The van der Waals surface area contributed by atoms with Gasteiger partial charge in [-0.25, -0.2) is 4.98 Å². The summed E-state index contributed by atoms with van der Waals surface area (Å²) in [5.41, 5.74) is 8.67. The van der Waals surface area contributed by atoms with Crippen LogP contribution in [-0.4, -0.2) is 11.5 Å². The van der Waals surface area contributed by atoms with Crippen LogP contribution in [0.15, 0.2) is 34.9 Å². The van der Waals surface area contributed by atoms with Gasteiger partial charge in [-0.15, -0.1) is 0 Å². The molecular weight excluding hydrogens is 200 g/mol. The van der Waals surface area contributed by atoms with Crippen molar-refractivity contribution in [2.45, 2.75) is 19.8 Å². The standard InChI is InChI=1S/C13H16N2O/c1-10-5-2-3-7-12(10)13-15-11(9-16-13)6-4-8-14/h2-3,5,7,9H,4,6,8,14H2,1H3. The fourth-order valence-electron chi connectivity index (χ4n) is 1.64. The minimum atomic E-state index is 0.687. The van der Waals surface area contributed by atoms with Crippen LogP contribution in [-0.2, 0) is 6.42 Å². The SMILES string of the molecule is Cc1ccccc1-c1nc(CCCN)co1. The van der Waals surface area contributed by atoms with Crippen molar-refractivity contribution in [3.05, 3.63) is 41.8 Å². The number of nitrogens with zero attached hydrogens (tertiary/aromatic N) is 1. The highest BCUT2D eigenvalue weighted by Crippen LogP contribution is 2.22. The van der Waals surface area contributed by atoms with Crippen LogP contribution in [0.5, 0.6) is 0 Å². The lowest BCUT2D eigenvalue weighted by molar-refractivity contribution is 0.571. The number of hydrogen-bond donors (Lipinski definition) is 1. The van der Waals surface area contributed by atoms with Gasteiger partial charge in [0.15, 0.2) is 0 Å². The van der Waals surface area contributed by atoms with Gasteiger partial charge in [0.05, 0.1) is 5.69 Å². The first-order valence-electron chi connectivity index (χ1n) is 5.51. The highest BCUT2D eigenvalue weighted by atomic mass is 16.3. The van der Waals surface area contributed by atoms with Gasteiger partial charge >= 0.3 is 0 Å². The molecule has 0 aliphatic heterocycles. The average Bonchev–Trinajstić information content (AvgIpc) is 2.75. The molecule has 16 heavy (non-hydrogen) atoms. The molecule has 0 saturated carbocycles. The van der Waals surface area contributed by atoms with E-state index in [1.807, 2.05) is 18.2 Å². The normalized spacial score (nSPS) is 10.6. The third-order valence-electron chi connectivity index (χ3n) is 2.56. The zero-order valence-corrected chi connectivity index (χ0v) is 9.44. The molecule has 2 N–H and O–H groups in total. The lowest BCUT2D eigenvalue weighted by Gasteiger charge is -1.99. The van der Waals surface area contributed by atoms with Crippen molar-refractivity contribution in [2.24, 2.45) is 5.73 Å². The number of nitrogens with two attached hydrogens (primary N) is 1. The van der Waals surface area contributed by atoms with Gasteiger partial charge in [-0.05, 0) is 37.9 Å². The summed E-state index contributed by atoms with van der Waals surface area (Å²) >= 11 is 0. The summed E-state index contributed by atoms with van der Waals surface area (Å²) in [5, 5.41) is 0. The summed E-state index contributed by atoms with van der Waals surface area (Å²) in [7, 11) is 0. The van der Waals surface area contributed by atoms with Gasteiger partial charge in [-0.3, -0.25) is 0 Å². The molecule has 0 bridgehead atoms. The van der Waals surface area contributed by atoms with Crippen LogP contribution in [0.1, 0.15) is 17.7 Å². The zero-order chi connectivity index (χ0) is 11.4. The molecular formula is C13H16N2O. The Balaban J connectivity index is 2.22. The van der Waals surface area contributed by atoms with Crippen LogP contribution < -0.4 is 5.73 Å². The summed E-state index contributed by atoms with van der Waals surface area (Å²) in [6.07, 6.45) is 3.54. The molecule has 1 aromatic heterocycles. The number of rotatable bonds is 4. The van der Waals surface area contributed by atoms with E-state index in [4.69, 9.17) is 10.2 Å². The maximum Gasteiger partial charge on any atom is 0.226 e. The third kappa shape index (κ3) is 2.31. The predicted molar refractivity (Wildman–Crippen MR) is 64.1 cm³/mol. The van der Waals surface area contributed by atoms with Gasteiger partial charge in [0.2, 0.25) is 5.89 Å². The minimum absolute atomic E-state index is 0.687. The number of aryl methyl sites for hydroxylation is 2. The van der Waals surface area contributed by atoms with Crippen molar-refractivity contribution in [2.75, 3.05) is 6.54 Å². The smallest absolute Gasteiger partial charge is 0.226 e. The molecule has 0 fully saturated rings. The minimum Gasteiger partial charge on any atom is -0.444 e. The van der Waals surface area contributed by atoms with Crippen molar-refractivity contribution in [1.82, 2.24) is 4.98 Å². The molecule has 0 atom stereocenters. The van der Waals surface area contributed by atoms with E-state index in [0.717, 1.165) is 24.1 Å². The lowest BCUT2D eigenvalue weighted by atomic mass is 10.1. The van der Waals surface area contributed by atoms with Gasteiger partial charge < -0.3 is 10.2 Å². The second-order valence-corrected chi connectivity index (χ2v) is 3.85. The molecule has 3 heteroatoms. The predicted octanol–water partition coefficient (Wildman–Crippen LogP) is 2.54. The number of benzene rings is 1. The van der Waals surface area contributed by atoms with E-state index in [0.29, 0.717) is 12.4 Å². The Kier molecular flexibility index (Phi) is 3.37. The quantitative estimate of drug-likeness (QED) is 0.854. The van der Waals surface area contributed by atoms with Crippen molar-refractivity contribution in [1.29, 1.82) is 0 Å². The van der Waals surface area contributed by atoms with Crippen LogP contribution >= 0.6 is 0 Å². The summed E-state index contributed by atoms with van der Waals surface area (Å²) < 4.78 is 5.48. The molecule has 0 amide bonds. The Morgan fingerprint density at radius 3 is 2.88 bits per heavy atom. The lowest BCUT2D eigenvalue weighted by Crippen LogP contribution is -2.00. The monoisotopic (exact) mass is 216 g/mol. The van der Waals surface area contributed by atoms with E-state index in [2.05, 4.69) is 18.0 Å². The molecule has 3 nitrogen and oxygen atoms in total. The van der Waals surface area contributed by atoms with Crippen molar-refractivity contribution >= 4 is 0 Å². The summed E-state index contributed by atoms with van der Waals surface area (Å²) in [6.45, 7) is 2.74. The highest BCUT2D eigenvalue weighted by Gasteiger charge is 2.08. The second-order valence-electron chi connectivity index (χ2n) is 3.85. The van der Waals surface area contributed by atoms with E-state index >= 15 is 0 Å². The first kappa shape index (κ1) is 10.9. The Morgan fingerprint density at radius 1 is 1.31 bits per heavy atom. The molecule has 0 spiro atoms. The Bertz CT molecular complexity index is 462. The Hall–Kier alpha value is -1.61. The van der Waals surface area contributed by atoms with E-state index in [1.54, 1.807) is 6.26 Å². The first-order valence-corrected chi connectivity index (χ1v) is 5.51. The topological polar surface area (TPSA) is 52.0 Å². The van der Waals surface area contributed by atoms with Crippen molar-refractivity contribution in [3.8, 4) is 11.5 Å². The van der Waals surface area contributed by atoms with Crippen LogP contribution in [0, 0.1) is 6.92 Å². The average molecular weight is 216 g/mol. The highest BCUT2D eigenvalue weighted by molar-refractivity contribution is 5.58. The summed E-state index contributed by atoms with van der Waals surface area (Å²) in [6, 6.07) is 8.08. The maximum atomic E-state index is 5.48. The molecule has 0 unspecified atom stereocenters. The summed E-state index contributed by atoms with van der Waals surface area (Å²) in [4.78, 5) is 4.46. The fraction of sp³-hybridized carbons (Fsp3) is 0.308. The molecule has 0 aliphatic rings. The molecule has 2 aromatic rings. The van der Waals surface area contributed by atoms with E-state index < -0.39 is 0 Å². The van der Waals surface area contributed by atoms with Crippen LogP contribution in [0.25, 0.3) is 11.5 Å². The third-order valence-corrected chi connectivity index (χ3v) is 2.56. The van der Waals surface area contributed by atoms with Gasteiger partial charge in [-0.1, -0.05) is 18.2 Å². The van der Waals surface area contributed by atoms with Gasteiger partial charge in [0.1, 0.15) is 6.26 Å². The Labute approximate surface area is 95.3 Å². The largest absolute Gasteiger partial charge is 0.444 e. The van der Waals surface area contributed by atoms with Crippen LogP contribution in [0.4, 0.5) is 0 Å². The molecule has 1 heterocycles. The van der Waals surface area contributed by atoms with Gasteiger partial charge in [-0.2, -0.15) is 0 Å². The molecule has 0 saturated heterocycles. The van der Waals surface area contributed by atoms with Crippen molar-refractivity contribution < 1.29 is 4.42 Å². The van der Waals surface area contributed by atoms with Gasteiger partial charge in [0.25, 0.3) is 0 Å². The number of hydrogen-bond acceptors (Lipinski definition) is 3. The number of oxazole rings is 1. The fourth-order valence-corrected chi connectivity index (χ4v) is 1.64. The van der Waals surface area contributed by atoms with E-state index in [-0.39, 0.29) is 0 Å². The van der Waals surface area contributed by atoms with E-state index in [9.17, 15) is 0 Å². The van der Waals surface area contributed by atoms with Crippen LogP contribution in [0.2, 0.25) is 0 Å². The molecule has 0 radical (unpaired) electrons. The summed E-state index contributed by atoms with van der Waals surface area (Å²) in [5.74, 6) is 0.699. The maximum absolute atomic E-state index is 5.48. The van der Waals surface area contributed by atoms with Crippen molar-refractivity contribution in [3.63, 3.8) is 0 Å². The van der Waals surface area contributed by atoms with Gasteiger partial charge in [0, 0.05) is 5.56 Å². The second kappa shape index (κ2) is 4.94. The first-order chi connectivity index (χ1) is 7.81. The molecule has 1 aromatic carbocycles. The molecule has 0 aliphatic carbocycles. The zero-order valence-electron chi connectivity index (χ0n) is 9.44. The molecule has 84 valence electrons. The van der Waals surface area contributed by atoms with Crippen LogP contribution in [0.3, 0.4) is 0 Å².